The summed E-state index contributed by atoms with van der Waals surface area (Å²) in [6.45, 7) is 26.6. The summed E-state index contributed by atoms with van der Waals surface area (Å²) in [6.07, 6.45) is 14.2. The maximum Gasteiger partial charge on any atom is 0.123 e. The van der Waals surface area contributed by atoms with Crippen molar-refractivity contribution < 1.29 is 40.9 Å². The zero-order chi connectivity index (χ0) is 53.1. The van der Waals surface area contributed by atoms with E-state index in [2.05, 4.69) is 83.1 Å². The van der Waals surface area contributed by atoms with Gasteiger partial charge in [-0.1, -0.05) is 160 Å². The summed E-state index contributed by atoms with van der Waals surface area (Å²) < 4.78 is 0. The first-order valence-electron chi connectivity index (χ1n) is 28.2. The molecule has 8 nitrogen and oxygen atoms in total. The van der Waals surface area contributed by atoms with E-state index in [4.69, 9.17) is 0 Å². The number of benzene rings is 4. The van der Waals surface area contributed by atoms with Gasteiger partial charge in [0.25, 0.3) is 0 Å². The van der Waals surface area contributed by atoms with Gasteiger partial charge in [0.1, 0.15) is 46.0 Å². The van der Waals surface area contributed by atoms with Crippen molar-refractivity contribution in [2.75, 3.05) is 0 Å². The van der Waals surface area contributed by atoms with Gasteiger partial charge in [0.2, 0.25) is 0 Å². The molecule has 5 rings (SSSR count). The number of hydrogen-bond acceptors (Lipinski definition) is 8. The summed E-state index contributed by atoms with van der Waals surface area (Å²) in [5.41, 5.74) is 4.18. The molecule has 4 atom stereocenters. The van der Waals surface area contributed by atoms with Crippen LogP contribution in [0.4, 0.5) is 0 Å². The fourth-order valence-electron chi connectivity index (χ4n) is 11.9. The molecule has 4 aromatic rings. The van der Waals surface area contributed by atoms with Crippen LogP contribution in [-0.2, 0) is 0 Å². The van der Waals surface area contributed by atoms with Crippen LogP contribution in [0.15, 0.2) is 48.5 Å². The van der Waals surface area contributed by atoms with Crippen molar-refractivity contribution in [2.24, 2.45) is 47.3 Å². The lowest BCUT2D eigenvalue weighted by atomic mass is 9.74. The minimum atomic E-state index is -0.589. The van der Waals surface area contributed by atoms with Crippen LogP contribution in [0.2, 0.25) is 0 Å². The van der Waals surface area contributed by atoms with Gasteiger partial charge in [0.05, 0.1) is 0 Å². The van der Waals surface area contributed by atoms with Crippen LogP contribution < -0.4 is 0 Å². The summed E-state index contributed by atoms with van der Waals surface area (Å²) in [5.74, 6) is -0.515. The van der Waals surface area contributed by atoms with Crippen LogP contribution in [0.25, 0.3) is 0 Å². The summed E-state index contributed by atoms with van der Waals surface area (Å²) in [4.78, 5) is 0. The van der Waals surface area contributed by atoms with E-state index in [0.717, 1.165) is 77.0 Å². The van der Waals surface area contributed by atoms with E-state index in [0.29, 0.717) is 93.9 Å². The quantitative estimate of drug-likeness (QED) is 0.0344. The largest absolute Gasteiger partial charge is 0.508 e. The highest BCUT2D eigenvalue weighted by molar-refractivity contribution is 5.62. The van der Waals surface area contributed by atoms with Gasteiger partial charge >= 0.3 is 0 Å². The number of hydrogen-bond donors (Lipinski definition) is 8. The summed E-state index contributed by atoms with van der Waals surface area (Å²) in [7, 11) is 0. The fourth-order valence-corrected chi connectivity index (χ4v) is 11.9. The van der Waals surface area contributed by atoms with Crippen molar-refractivity contribution in [3.63, 3.8) is 0 Å². The summed E-state index contributed by atoms with van der Waals surface area (Å²) in [6, 6.07) is 13.1. The second-order valence-electron chi connectivity index (χ2n) is 24.8. The minimum absolute atomic E-state index is 0.118. The minimum Gasteiger partial charge on any atom is -0.508 e. The molecule has 0 spiro atoms. The molecule has 72 heavy (non-hydrogen) atoms. The predicted molar refractivity (Wildman–Crippen MR) is 296 cm³/mol. The van der Waals surface area contributed by atoms with E-state index in [1.807, 2.05) is 24.3 Å². The molecule has 8 heteroatoms. The van der Waals surface area contributed by atoms with E-state index < -0.39 is 23.7 Å². The molecule has 0 aliphatic heterocycles. The molecule has 1 aliphatic rings. The highest BCUT2D eigenvalue weighted by atomic mass is 16.3. The second kappa shape index (κ2) is 26.5. The molecule has 0 unspecified atom stereocenters. The number of phenolic OH excluding ortho intramolecular Hbond substituents is 8. The Balaban J connectivity index is 1.91. The number of aromatic hydroxyl groups is 8. The average Bonchev–Trinajstić information content (AvgIpc) is 3.26. The van der Waals surface area contributed by atoms with Gasteiger partial charge in [-0.2, -0.15) is 0 Å². The van der Waals surface area contributed by atoms with Crippen molar-refractivity contribution in [1.29, 1.82) is 0 Å². The first-order chi connectivity index (χ1) is 33.9. The lowest BCUT2D eigenvalue weighted by Crippen LogP contribution is -2.15. The smallest absolute Gasteiger partial charge is 0.123 e. The second-order valence-corrected chi connectivity index (χ2v) is 24.8. The molecule has 400 valence electrons. The van der Waals surface area contributed by atoms with Crippen LogP contribution >= 0.6 is 0 Å². The topological polar surface area (TPSA) is 162 Å². The Morgan fingerprint density at radius 1 is 0.250 bits per heavy atom. The molecule has 0 fully saturated rings. The van der Waals surface area contributed by atoms with Crippen LogP contribution in [-0.4, -0.2) is 40.9 Å². The third-order valence-corrected chi connectivity index (χ3v) is 16.2. The van der Waals surface area contributed by atoms with Gasteiger partial charge < -0.3 is 40.9 Å². The number of rotatable bonds is 24. The SMILES string of the molecule is CC(C)CCC[C@H](C)CC1c2cc(c(O)cc2O)C(C[C@@H](C)CCCC(C)C)c2cc(c(O)cc2O)C(C[C@@H](C)CCCC(C)C)c2cc(c(O)cc2O)C(C[C@@H](C)CCCC(C)C)c2cc1c(O)cc2O. The van der Waals surface area contributed by atoms with Crippen molar-refractivity contribution in [3.8, 4) is 46.0 Å². The Morgan fingerprint density at radius 3 is 0.542 bits per heavy atom. The number of fused-ring (bicyclic) bond motifs is 8. The molecular formula is C64H96O8. The van der Waals surface area contributed by atoms with E-state index >= 15 is 0 Å². The molecule has 0 aromatic heterocycles. The molecule has 0 saturated carbocycles. The maximum atomic E-state index is 12.1. The van der Waals surface area contributed by atoms with Gasteiger partial charge in [0, 0.05) is 92.4 Å². The van der Waals surface area contributed by atoms with Crippen LogP contribution in [0.1, 0.15) is 254 Å². The van der Waals surface area contributed by atoms with Gasteiger partial charge in [-0.3, -0.25) is 0 Å². The first kappa shape index (κ1) is 58.2. The van der Waals surface area contributed by atoms with Gasteiger partial charge in [-0.15, -0.1) is 0 Å². The Bertz CT molecular complexity index is 1920. The predicted octanol–water partition coefficient (Wildman–Crippen LogP) is 17.6. The zero-order valence-corrected chi connectivity index (χ0v) is 46.4. The standard InChI is InChI=1S/C64H96O8/c1-37(2)17-13-21-41(9)25-45-49-29-51(59(67)33-57(49)65)46(26-42(10)22-14-18-38(3)4)53-31-55(63(71)35-61(53)69)48(28-44(12)24-16-20-40(7)8)56-32-54(62(70)36-64(56)72)47(27-43(11)23-15-19-39(5)6)52-30-50(45)58(66)34-60(52)68/h29-48,65-72H,13-28H2,1-12H3/t41-,42-,43-,44-,45?,46?,47?,48?/m0/s1. The molecular weight excluding hydrogens is 897 g/mol. The molecule has 8 N–H and O–H groups in total. The monoisotopic (exact) mass is 993 g/mol. The van der Waals surface area contributed by atoms with E-state index in [1.165, 1.54) is 24.3 Å². The van der Waals surface area contributed by atoms with E-state index in [-0.39, 0.29) is 69.7 Å². The Kier molecular flexibility index (Phi) is 21.4. The molecule has 0 heterocycles. The summed E-state index contributed by atoms with van der Waals surface area (Å²) in [5, 5.41) is 97.1. The van der Waals surface area contributed by atoms with Crippen LogP contribution in [0.3, 0.4) is 0 Å². The first-order valence-corrected chi connectivity index (χ1v) is 28.2. The molecule has 0 radical (unpaired) electrons. The van der Waals surface area contributed by atoms with Crippen molar-refractivity contribution in [1.82, 2.24) is 0 Å². The normalized spacial score (nSPS) is 18.8. The highest BCUT2D eigenvalue weighted by Crippen LogP contribution is 2.53. The molecule has 4 aromatic carbocycles. The molecule has 8 bridgehead atoms. The lowest BCUT2D eigenvalue weighted by molar-refractivity contribution is 0.387. The van der Waals surface area contributed by atoms with Crippen molar-refractivity contribution >= 4 is 0 Å². The van der Waals surface area contributed by atoms with Crippen LogP contribution in [0.5, 0.6) is 46.0 Å². The Hall–Kier alpha value is -4.72. The van der Waals surface area contributed by atoms with E-state index in [1.54, 1.807) is 0 Å². The van der Waals surface area contributed by atoms with Gasteiger partial charge in [-0.05, 0) is 97.3 Å². The fraction of sp³-hybridized carbons (Fsp3) is 0.625. The number of phenols is 8. The zero-order valence-electron chi connectivity index (χ0n) is 46.4. The maximum absolute atomic E-state index is 12.1. The Morgan fingerprint density at radius 2 is 0.403 bits per heavy atom. The molecule has 0 amide bonds. The lowest BCUT2D eigenvalue weighted by Gasteiger charge is -2.31. The molecule has 1 aliphatic carbocycles. The van der Waals surface area contributed by atoms with Gasteiger partial charge in [-0.25, -0.2) is 0 Å². The average molecular weight is 993 g/mol. The van der Waals surface area contributed by atoms with Crippen molar-refractivity contribution in [3.05, 3.63) is 93.0 Å². The third-order valence-electron chi connectivity index (χ3n) is 16.2. The van der Waals surface area contributed by atoms with E-state index in [9.17, 15) is 40.9 Å². The molecule has 0 saturated heterocycles. The highest BCUT2D eigenvalue weighted by Gasteiger charge is 2.35. The third kappa shape index (κ3) is 15.7. The summed E-state index contributed by atoms with van der Waals surface area (Å²) >= 11 is 0. The van der Waals surface area contributed by atoms with Gasteiger partial charge in [0.15, 0.2) is 0 Å². The van der Waals surface area contributed by atoms with Crippen LogP contribution in [0, 0.1) is 47.3 Å². The Labute approximate surface area is 435 Å². The van der Waals surface area contributed by atoms with Crippen molar-refractivity contribution in [2.45, 2.75) is 209 Å².